The van der Waals surface area contributed by atoms with Crippen LogP contribution < -0.4 is 0 Å². The molecule has 1 aliphatic rings. The Bertz CT molecular complexity index is 846. The fourth-order valence-electron chi connectivity index (χ4n) is 3.07. The molecule has 0 aliphatic carbocycles. The maximum absolute atomic E-state index is 12.8. The molecule has 1 amide bonds. The molecule has 5 nitrogen and oxygen atoms in total. The summed E-state index contributed by atoms with van der Waals surface area (Å²) >= 11 is 0. The Balaban J connectivity index is 1.86. The first-order chi connectivity index (χ1) is 11.2. The molecule has 0 radical (unpaired) electrons. The zero-order chi connectivity index (χ0) is 15.9. The van der Waals surface area contributed by atoms with Gasteiger partial charge in [0, 0.05) is 30.1 Å². The van der Waals surface area contributed by atoms with Gasteiger partial charge < -0.3 is 10.1 Å². The molecule has 2 aromatic carbocycles. The van der Waals surface area contributed by atoms with Crippen molar-refractivity contribution in [3.63, 3.8) is 0 Å². The van der Waals surface area contributed by atoms with Crippen molar-refractivity contribution in [3.8, 4) is 0 Å². The van der Waals surface area contributed by atoms with E-state index in [1.807, 2.05) is 36.4 Å². The van der Waals surface area contributed by atoms with E-state index in [9.17, 15) is 9.90 Å². The number of aromatic amines is 1. The number of nitrogens with zero attached hydrogens (tertiary/aromatic N) is 2. The summed E-state index contributed by atoms with van der Waals surface area (Å²) in [6.45, 7) is 0.297. The number of aliphatic hydroxyl groups is 1. The van der Waals surface area contributed by atoms with Gasteiger partial charge in [-0.05, 0) is 11.6 Å². The molecule has 0 saturated heterocycles. The van der Waals surface area contributed by atoms with Crippen LogP contribution in [0, 0.1) is 0 Å². The molecule has 3 aromatic rings. The van der Waals surface area contributed by atoms with Crippen molar-refractivity contribution in [2.75, 3.05) is 0 Å². The number of H-pyrrole nitrogens is 1. The van der Waals surface area contributed by atoms with Gasteiger partial charge in [0.15, 0.2) is 5.82 Å². The molecule has 2 N–H and O–H groups in total. The van der Waals surface area contributed by atoms with E-state index in [0.717, 1.165) is 5.56 Å². The zero-order valence-electron chi connectivity index (χ0n) is 12.3. The van der Waals surface area contributed by atoms with Crippen LogP contribution in [0.1, 0.15) is 27.3 Å². The second kappa shape index (κ2) is 5.07. The molecule has 114 valence electrons. The van der Waals surface area contributed by atoms with Crippen molar-refractivity contribution >= 4 is 5.91 Å². The van der Waals surface area contributed by atoms with Gasteiger partial charge in [-0.1, -0.05) is 48.5 Å². The van der Waals surface area contributed by atoms with Gasteiger partial charge in [-0.2, -0.15) is 0 Å². The molecule has 1 unspecified atom stereocenters. The Kier molecular flexibility index (Phi) is 3.02. The van der Waals surface area contributed by atoms with E-state index in [0.29, 0.717) is 23.5 Å². The summed E-state index contributed by atoms with van der Waals surface area (Å²) in [5.74, 6) is 0.134. The molecule has 5 heteroatoms. The zero-order valence-corrected chi connectivity index (χ0v) is 12.3. The van der Waals surface area contributed by atoms with E-state index in [1.165, 1.54) is 4.90 Å². The van der Waals surface area contributed by atoms with E-state index < -0.39 is 5.72 Å². The van der Waals surface area contributed by atoms with Gasteiger partial charge >= 0.3 is 0 Å². The second-order valence-corrected chi connectivity index (χ2v) is 5.53. The minimum atomic E-state index is -1.59. The van der Waals surface area contributed by atoms with Crippen LogP contribution in [-0.2, 0) is 12.3 Å². The third-order valence-corrected chi connectivity index (χ3v) is 4.18. The standard InChI is InChI=1S/C18H15N3O2/c22-16-14-8-4-5-9-15(14)18(23,17-19-10-11-20-17)21(16)12-13-6-2-1-3-7-13/h1-11,23H,12H2,(H,19,20). The van der Waals surface area contributed by atoms with Crippen LogP contribution in [0.2, 0.25) is 0 Å². The highest BCUT2D eigenvalue weighted by atomic mass is 16.3. The molecule has 1 aromatic heterocycles. The molecule has 0 bridgehead atoms. The number of imidazole rings is 1. The topological polar surface area (TPSA) is 69.2 Å². The SMILES string of the molecule is O=C1c2ccccc2C(O)(c2ncc[nH]2)N1Cc1ccccc1. The van der Waals surface area contributed by atoms with Crippen LogP contribution >= 0.6 is 0 Å². The van der Waals surface area contributed by atoms with E-state index in [2.05, 4.69) is 9.97 Å². The number of fused-ring (bicyclic) bond motifs is 1. The predicted octanol–water partition coefficient (Wildman–Crippen LogP) is 2.26. The monoisotopic (exact) mass is 305 g/mol. The largest absolute Gasteiger partial charge is 0.361 e. The quantitative estimate of drug-likeness (QED) is 0.780. The number of hydrogen-bond donors (Lipinski definition) is 2. The Morgan fingerprint density at radius 2 is 1.83 bits per heavy atom. The lowest BCUT2D eigenvalue weighted by Gasteiger charge is -2.32. The van der Waals surface area contributed by atoms with Gasteiger partial charge in [-0.15, -0.1) is 0 Å². The number of carbonyl (C=O) groups excluding carboxylic acids is 1. The molecule has 0 saturated carbocycles. The van der Waals surface area contributed by atoms with Gasteiger partial charge in [0.1, 0.15) is 0 Å². The van der Waals surface area contributed by atoms with Crippen molar-refractivity contribution in [2.24, 2.45) is 0 Å². The first kappa shape index (κ1) is 13.7. The highest BCUT2D eigenvalue weighted by molar-refractivity contribution is 6.00. The van der Waals surface area contributed by atoms with Gasteiger partial charge in [-0.25, -0.2) is 4.98 Å². The van der Waals surface area contributed by atoms with Crippen molar-refractivity contribution < 1.29 is 9.90 Å². The van der Waals surface area contributed by atoms with Gasteiger partial charge in [0.05, 0.1) is 0 Å². The summed E-state index contributed by atoms with van der Waals surface area (Å²) in [5, 5.41) is 11.4. The number of benzene rings is 2. The molecule has 0 fully saturated rings. The van der Waals surface area contributed by atoms with Crippen LogP contribution in [-0.4, -0.2) is 25.9 Å². The number of hydrogen-bond acceptors (Lipinski definition) is 3. The first-order valence-corrected chi connectivity index (χ1v) is 7.39. The molecule has 4 rings (SSSR count). The minimum Gasteiger partial charge on any atom is -0.361 e. The third-order valence-electron chi connectivity index (χ3n) is 4.18. The van der Waals surface area contributed by atoms with Gasteiger partial charge in [0.2, 0.25) is 5.72 Å². The fourth-order valence-corrected chi connectivity index (χ4v) is 3.07. The average Bonchev–Trinajstić information content (AvgIpc) is 3.20. The maximum Gasteiger partial charge on any atom is 0.257 e. The lowest BCUT2D eigenvalue weighted by Crippen LogP contribution is -2.45. The lowest BCUT2D eigenvalue weighted by molar-refractivity contribution is -0.0601. The number of carbonyl (C=O) groups is 1. The first-order valence-electron chi connectivity index (χ1n) is 7.39. The van der Waals surface area contributed by atoms with Crippen molar-refractivity contribution in [1.29, 1.82) is 0 Å². The third kappa shape index (κ3) is 1.98. The average molecular weight is 305 g/mol. The highest BCUT2D eigenvalue weighted by Gasteiger charge is 2.51. The summed E-state index contributed by atoms with van der Waals surface area (Å²) in [6.07, 6.45) is 3.21. The Morgan fingerprint density at radius 1 is 1.09 bits per heavy atom. The Hall–Kier alpha value is -2.92. The molecular weight excluding hydrogens is 290 g/mol. The van der Waals surface area contributed by atoms with Crippen LogP contribution in [0.15, 0.2) is 67.0 Å². The van der Waals surface area contributed by atoms with Crippen LogP contribution in [0.4, 0.5) is 0 Å². The van der Waals surface area contributed by atoms with Crippen molar-refractivity contribution in [1.82, 2.24) is 14.9 Å². The summed E-state index contributed by atoms with van der Waals surface area (Å²) in [7, 11) is 0. The number of rotatable bonds is 3. The summed E-state index contributed by atoms with van der Waals surface area (Å²) in [4.78, 5) is 21.4. The highest BCUT2D eigenvalue weighted by Crippen LogP contribution is 2.41. The van der Waals surface area contributed by atoms with E-state index >= 15 is 0 Å². The Labute approximate surface area is 133 Å². The molecule has 0 spiro atoms. The molecule has 1 atom stereocenters. The van der Waals surface area contributed by atoms with E-state index in [-0.39, 0.29) is 5.91 Å². The van der Waals surface area contributed by atoms with Gasteiger partial charge in [-0.3, -0.25) is 9.69 Å². The number of amides is 1. The number of aromatic nitrogens is 2. The van der Waals surface area contributed by atoms with Gasteiger partial charge in [0.25, 0.3) is 5.91 Å². The molecule has 1 aliphatic heterocycles. The van der Waals surface area contributed by atoms with Crippen LogP contribution in [0.25, 0.3) is 0 Å². The van der Waals surface area contributed by atoms with Crippen molar-refractivity contribution in [2.45, 2.75) is 12.3 Å². The smallest absolute Gasteiger partial charge is 0.257 e. The van der Waals surface area contributed by atoms with E-state index in [4.69, 9.17) is 0 Å². The maximum atomic E-state index is 12.8. The van der Waals surface area contributed by atoms with Crippen LogP contribution in [0.3, 0.4) is 0 Å². The number of nitrogens with one attached hydrogen (secondary N) is 1. The van der Waals surface area contributed by atoms with Crippen LogP contribution in [0.5, 0.6) is 0 Å². The lowest BCUT2D eigenvalue weighted by atomic mass is 10.0. The Morgan fingerprint density at radius 3 is 2.57 bits per heavy atom. The minimum absolute atomic E-state index is 0.205. The molecule has 23 heavy (non-hydrogen) atoms. The normalized spacial score (nSPS) is 19.9. The summed E-state index contributed by atoms with van der Waals surface area (Å²) in [5.41, 5.74) is 0.407. The molecular formula is C18H15N3O2. The van der Waals surface area contributed by atoms with E-state index in [1.54, 1.807) is 30.6 Å². The predicted molar refractivity (Wildman–Crippen MR) is 84.3 cm³/mol. The van der Waals surface area contributed by atoms with Crippen molar-refractivity contribution in [3.05, 3.63) is 89.5 Å². The summed E-state index contributed by atoms with van der Waals surface area (Å²) < 4.78 is 0. The fraction of sp³-hybridized carbons (Fsp3) is 0.111. The second-order valence-electron chi connectivity index (χ2n) is 5.53. The molecule has 2 heterocycles. The summed E-state index contributed by atoms with van der Waals surface area (Å²) in [6, 6.07) is 16.7.